The number of piperidine rings is 1. The summed E-state index contributed by atoms with van der Waals surface area (Å²) in [4.78, 5) is 27.0. The molecule has 0 bridgehead atoms. The third-order valence-electron chi connectivity index (χ3n) is 5.22. The smallest absolute Gasteiger partial charge is 0.321 e. The summed E-state index contributed by atoms with van der Waals surface area (Å²) >= 11 is 0. The van der Waals surface area contributed by atoms with Crippen molar-refractivity contribution in [3.8, 4) is 0 Å². The van der Waals surface area contributed by atoms with Crippen LogP contribution in [0.25, 0.3) is 10.8 Å². The lowest BCUT2D eigenvalue weighted by Gasteiger charge is -2.32. The van der Waals surface area contributed by atoms with Crippen molar-refractivity contribution in [3.63, 3.8) is 0 Å². The Morgan fingerprint density at radius 1 is 0.931 bits per heavy atom. The molecule has 1 fully saturated rings. The number of nitrogens with one attached hydrogen (secondary N) is 2. The zero-order valence-corrected chi connectivity index (χ0v) is 15.9. The number of likely N-dealkylation sites (tertiary alicyclic amines) is 1. The molecule has 4 rings (SSSR count). The van der Waals surface area contributed by atoms with E-state index in [0.29, 0.717) is 18.8 Å². The van der Waals surface area contributed by atoms with Gasteiger partial charge in [0.15, 0.2) is 0 Å². The predicted molar refractivity (Wildman–Crippen MR) is 112 cm³/mol. The van der Waals surface area contributed by atoms with Crippen LogP contribution in [0.15, 0.2) is 66.7 Å². The van der Waals surface area contributed by atoms with Crippen molar-refractivity contribution in [2.45, 2.75) is 12.8 Å². The summed E-state index contributed by atoms with van der Waals surface area (Å²) in [5.74, 6) is -0.714. The lowest BCUT2D eigenvalue weighted by Crippen LogP contribution is -2.45. The number of halogens is 1. The Morgan fingerprint density at radius 3 is 2.52 bits per heavy atom. The predicted octanol–water partition coefficient (Wildman–Crippen LogP) is 4.86. The first-order valence-corrected chi connectivity index (χ1v) is 9.70. The molecule has 3 amide bonds. The van der Waals surface area contributed by atoms with Crippen molar-refractivity contribution in [3.05, 3.63) is 72.5 Å². The molecule has 1 heterocycles. The van der Waals surface area contributed by atoms with Gasteiger partial charge >= 0.3 is 6.03 Å². The number of anilines is 2. The van der Waals surface area contributed by atoms with Gasteiger partial charge in [0.05, 0.1) is 5.92 Å². The number of hydrogen-bond donors (Lipinski definition) is 2. The molecule has 1 atom stereocenters. The van der Waals surface area contributed by atoms with Crippen LogP contribution in [-0.4, -0.2) is 29.9 Å². The number of amides is 3. The van der Waals surface area contributed by atoms with Crippen LogP contribution in [-0.2, 0) is 4.79 Å². The quantitative estimate of drug-likeness (QED) is 0.670. The van der Waals surface area contributed by atoms with Gasteiger partial charge in [-0.25, -0.2) is 9.18 Å². The van der Waals surface area contributed by atoms with Gasteiger partial charge in [-0.1, -0.05) is 36.4 Å². The van der Waals surface area contributed by atoms with Gasteiger partial charge in [-0.3, -0.25) is 4.79 Å². The van der Waals surface area contributed by atoms with E-state index in [2.05, 4.69) is 10.6 Å². The topological polar surface area (TPSA) is 61.4 Å². The van der Waals surface area contributed by atoms with E-state index in [1.54, 1.807) is 4.90 Å². The fourth-order valence-electron chi connectivity index (χ4n) is 3.68. The monoisotopic (exact) mass is 391 g/mol. The molecule has 3 aromatic rings. The number of carbonyl (C=O) groups is 2. The second kappa shape index (κ2) is 8.31. The lowest BCUT2D eigenvalue weighted by molar-refractivity contribution is -0.121. The summed E-state index contributed by atoms with van der Waals surface area (Å²) < 4.78 is 13.0. The maximum absolute atomic E-state index is 13.0. The van der Waals surface area contributed by atoms with Crippen molar-refractivity contribution in [1.82, 2.24) is 4.90 Å². The lowest BCUT2D eigenvalue weighted by atomic mass is 9.97. The Morgan fingerprint density at radius 2 is 1.69 bits per heavy atom. The highest BCUT2D eigenvalue weighted by molar-refractivity contribution is 6.03. The molecular formula is C23H22FN3O2. The van der Waals surface area contributed by atoms with Crippen LogP contribution in [0.2, 0.25) is 0 Å². The standard InChI is InChI=1S/C23H22FN3O2/c24-18-10-12-19(13-11-18)25-23(29)27-14-4-7-17(15-27)22(28)26-21-9-3-6-16-5-1-2-8-20(16)21/h1-3,5-6,8-13,17H,4,7,14-15H2,(H,25,29)(H,26,28)/t17-/m1/s1. The Balaban J connectivity index is 1.41. The summed E-state index contributed by atoms with van der Waals surface area (Å²) in [6.45, 7) is 0.939. The van der Waals surface area contributed by atoms with Crippen molar-refractivity contribution in [2.24, 2.45) is 5.92 Å². The number of fused-ring (bicyclic) bond motifs is 1. The highest BCUT2D eigenvalue weighted by Gasteiger charge is 2.28. The average Bonchev–Trinajstić information content (AvgIpc) is 2.75. The van der Waals surface area contributed by atoms with Crippen LogP contribution in [0.1, 0.15) is 12.8 Å². The first kappa shape index (κ1) is 18.9. The summed E-state index contributed by atoms with van der Waals surface area (Å²) in [7, 11) is 0. The molecule has 2 N–H and O–H groups in total. The van der Waals surface area contributed by atoms with Gasteiger partial charge in [-0.2, -0.15) is 0 Å². The minimum absolute atomic E-state index is 0.0827. The third kappa shape index (κ3) is 4.37. The third-order valence-corrected chi connectivity index (χ3v) is 5.22. The minimum Gasteiger partial charge on any atom is -0.325 e. The molecule has 0 spiro atoms. The molecule has 0 unspecified atom stereocenters. The van der Waals surface area contributed by atoms with Crippen molar-refractivity contribution in [2.75, 3.05) is 23.7 Å². The van der Waals surface area contributed by atoms with E-state index in [-0.39, 0.29) is 23.7 Å². The maximum Gasteiger partial charge on any atom is 0.321 e. The van der Waals surface area contributed by atoms with E-state index in [1.165, 1.54) is 24.3 Å². The molecule has 0 saturated carbocycles. The Hall–Kier alpha value is -3.41. The van der Waals surface area contributed by atoms with E-state index in [9.17, 15) is 14.0 Å². The molecule has 29 heavy (non-hydrogen) atoms. The molecule has 6 heteroatoms. The summed E-state index contributed by atoms with van der Waals surface area (Å²) in [5, 5.41) is 7.85. The highest BCUT2D eigenvalue weighted by Crippen LogP contribution is 2.25. The van der Waals surface area contributed by atoms with Gasteiger partial charge in [-0.15, -0.1) is 0 Å². The van der Waals surface area contributed by atoms with Crippen molar-refractivity contribution >= 4 is 34.1 Å². The maximum atomic E-state index is 13.0. The Labute approximate surface area is 168 Å². The van der Waals surface area contributed by atoms with E-state index in [1.807, 2.05) is 42.5 Å². The van der Waals surface area contributed by atoms with Crippen molar-refractivity contribution < 1.29 is 14.0 Å². The van der Waals surface area contributed by atoms with Gasteiger partial charge in [0.1, 0.15) is 5.82 Å². The molecule has 0 aromatic heterocycles. The fraction of sp³-hybridized carbons (Fsp3) is 0.217. The number of hydrogen-bond acceptors (Lipinski definition) is 2. The zero-order valence-electron chi connectivity index (χ0n) is 15.9. The summed E-state index contributed by atoms with van der Waals surface area (Å²) in [6.07, 6.45) is 1.49. The second-order valence-corrected chi connectivity index (χ2v) is 7.24. The van der Waals surface area contributed by atoms with Crippen LogP contribution in [0.5, 0.6) is 0 Å². The van der Waals surface area contributed by atoms with E-state index in [0.717, 1.165) is 29.3 Å². The van der Waals surface area contributed by atoms with Gasteiger partial charge in [0.25, 0.3) is 0 Å². The zero-order chi connectivity index (χ0) is 20.2. The fourth-order valence-corrected chi connectivity index (χ4v) is 3.68. The number of rotatable bonds is 3. The normalized spacial score (nSPS) is 16.4. The van der Waals surface area contributed by atoms with Crippen LogP contribution in [0, 0.1) is 11.7 Å². The second-order valence-electron chi connectivity index (χ2n) is 7.24. The Kier molecular flexibility index (Phi) is 5.42. The average molecular weight is 391 g/mol. The number of nitrogens with zero attached hydrogens (tertiary/aromatic N) is 1. The molecule has 1 aliphatic heterocycles. The Bertz CT molecular complexity index is 1030. The first-order valence-electron chi connectivity index (χ1n) is 9.70. The summed E-state index contributed by atoms with van der Waals surface area (Å²) in [6, 6.07) is 19.1. The molecular weight excluding hydrogens is 369 g/mol. The van der Waals surface area contributed by atoms with Gasteiger partial charge in [-0.05, 0) is 48.6 Å². The van der Waals surface area contributed by atoms with Crippen molar-refractivity contribution in [1.29, 1.82) is 0 Å². The largest absolute Gasteiger partial charge is 0.325 e. The summed E-state index contributed by atoms with van der Waals surface area (Å²) in [5.41, 5.74) is 1.31. The molecule has 0 radical (unpaired) electrons. The minimum atomic E-state index is -0.355. The van der Waals surface area contributed by atoms with Crippen LogP contribution >= 0.6 is 0 Å². The highest BCUT2D eigenvalue weighted by atomic mass is 19.1. The SMILES string of the molecule is O=C(Nc1cccc2ccccc12)[C@@H]1CCCN(C(=O)Nc2ccc(F)cc2)C1. The molecule has 1 saturated heterocycles. The van der Waals surface area contributed by atoms with Crippen LogP contribution in [0.3, 0.4) is 0 Å². The van der Waals surface area contributed by atoms with Gasteiger partial charge < -0.3 is 15.5 Å². The van der Waals surface area contributed by atoms with E-state index < -0.39 is 0 Å². The molecule has 5 nitrogen and oxygen atoms in total. The molecule has 0 aliphatic carbocycles. The first-order chi connectivity index (χ1) is 14.1. The number of urea groups is 1. The van der Waals surface area contributed by atoms with E-state index in [4.69, 9.17) is 0 Å². The number of carbonyl (C=O) groups excluding carboxylic acids is 2. The molecule has 1 aliphatic rings. The van der Waals surface area contributed by atoms with Crippen LogP contribution in [0.4, 0.5) is 20.6 Å². The van der Waals surface area contributed by atoms with Crippen LogP contribution < -0.4 is 10.6 Å². The van der Waals surface area contributed by atoms with Gasteiger partial charge in [0, 0.05) is 29.9 Å². The van der Waals surface area contributed by atoms with Gasteiger partial charge in [0.2, 0.25) is 5.91 Å². The number of benzene rings is 3. The molecule has 148 valence electrons. The van der Waals surface area contributed by atoms with E-state index >= 15 is 0 Å². The molecule has 3 aromatic carbocycles.